The fourth-order valence-electron chi connectivity index (χ4n) is 1.88. The van der Waals surface area contributed by atoms with Gasteiger partial charge in [-0.2, -0.15) is 0 Å². The summed E-state index contributed by atoms with van der Waals surface area (Å²) in [7, 11) is 0. The molecule has 2 heterocycles. The van der Waals surface area contributed by atoms with E-state index in [9.17, 15) is 0 Å². The highest BCUT2D eigenvalue weighted by Gasteiger charge is 2.02. The summed E-state index contributed by atoms with van der Waals surface area (Å²) < 4.78 is 0.994. The number of rotatable bonds is 4. The molecule has 0 aliphatic carbocycles. The summed E-state index contributed by atoms with van der Waals surface area (Å²) in [5, 5.41) is 6.43. The summed E-state index contributed by atoms with van der Waals surface area (Å²) >= 11 is 5.08. The van der Waals surface area contributed by atoms with E-state index in [1.807, 2.05) is 23.8 Å². The fourth-order valence-corrected chi connectivity index (χ4v) is 2.93. The molecule has 20 heavy (non-hydrogen) atoms. The molecule has 0 fully saturated rings. The van der Waals surface area contributed by atoms with Crippen molar-refractivity contribution in [2.24, 2.45) is 0 Å². The van der Waals surface area contributed by atoms with E-state index >= 15 is 0 Å². The number of pyridine rings is 1. The number of aromatic nitrogens is 2. The molecule has 3 rings (SSSR count). The Labute approximate surface area is 129 Å². The van der Waals surface area contributed by atoms with E-state index in [4.69, 9.17) is 0 Å². The quantitative estimate of drug-likeness (QED) is 0.751. The molecule has 1 aromatic carbocycles. The lowest BCUT2D eigenvalue weighted by Gasteiger charge is -2.07. The molecule has 0 aliphatic rings. The molecule has 0 amide bonds. The van der Waals surface area contributed by atoms with Crippen molar-refractivity contribution in [3.8, 4) is 10.6 Å². The first kappa shape index (κ1) is 13.3. The second-order valence-corrected chi connectivity index (χ2v) is 6.09. The highest BCUT2D eigenvalue weighted by molar-refractivity contribution is 9.10. The van der Waals surface area contributed by atoms with E-state index < -0.39 is 0 Å². The van der Waals surface area contributed by atoms with Crippen molar-refractivity contribution >= 4 is 33.0 Å². The average Bonchev–Trinajstić information content (AvgIpc) is 3.00. The molecule has 5 heteroatoms. The maximum atomic E-state index is 4.33. The summed E-state index contributed by atoms with van der Waals surface area (Å²) in [5.74, 6) is 0. The van der Waals surface area contributed by atoms with Crippen molar-refractivity contribution in [3.05, 3.63) is 64.3 Å². The molecule has 3 aromatic rings. The van der Waals surface area contributed by atoms with Crippen LogP contribution < -0.4 is 5.32 Å². The van der Waals surface area contributed by atoms with Crippen LogP contribution >= 0.6 is 27.3 Å². The molecule has 100 valence electrons. The van der Waals surface area contributed by atoms with Gasteiger partial charge in [-0.05, 0) is 39.7 Å². The van der Waals surface area contributed by atoms with Crippen LogP contribution in [0.15, 0.2) is 58.8 Å². The summed E-state index contributed by atoms with van der Waals surface area (Å²) in [4.78, 5) is 8.49. The van der Waals surface area contributed by atoms with Crippen LogP contribution in [0.2, 0.25) is 0 Å². The summed E-state index contributed by atoms with van der Waals surface area (Å²) in [5.41, 5.74) is 3.36. The Hall–Kier alpha value is -1.72. The van der Waals surface area contributed by atoms with Gasteiger partial charge >= 0.3 is 0 Å². The van der Waals surface area contributed by atoms with E-state index in [1.54, 1.807) is 17.5 Å². The van der Waals surface area contributed by atoms with Gasteiger partial charge in [0, 0.05) is 46.2 Å². The third-order valence-corrected chi connectivity index (χ3v) is 4.06. The standard InChI is InChI=1S/C15H12BrN3S/c16-13-6-11(8-17-10-13)9-19-14-3-1-2-12(7-14)15-18-4-5-20-15/h1-8,10,19H,9H2. The van der Waals surface area contributed by atoms with Crippen molar-refractivity contribution in [1.82, 2.24) is 9.97 Å². The first-order chi connectivity index (χ1) is 9.81. The van der Waals surface area contributed by atoms with Gasteiger partial charge in [-0.3, -0.25) is 4.98 Å². The van der Waals surface area contributed by atoms with Crippen molar-refractivity contribution in [2.45, 2.75) is 6.54 Å². The number of nitrogens with zero attached hydrogens (tertiary/aromatic N) is 2. The largest absolute Gasteiger partial charge is 0.381 e. The number of anilines is 1. The Morgan fingerprint density at radius 3 is 2.95 bits per heavy atom. The SMILES string of the molecule is Brc1cncc(CNc2cccc(-c3nccs3)c2)c1. The van der Waals surface area contributed by atoms with E-state index in [0.29, 0.717) is 0 Å². The Balaban J connectivity index is 1.73. The number of thiazole rings is 1. The Bertz CT molecular complexity index is 698. The number of halogens is 1. The topological polar surface area (TPSA) is 37.8 Å². The molecule has 0 bridgehead atoms. The van der Waals surface area contributed by atoms with Gasteiger partial charge < -0.3 is 5.32 Å². The maximum absolute atomic E-state index is 4.33. The maximum Gasteiger partial charge on any atom is 0.123 e. The van der Waals surface area contributed by atoms with Crippen LogP contribution in [0.1, 0.15) is 5.56 Å². The molecule has 0 saturated heterocycles. The van der Waals surface area contributed by atoms with Crippen LogP contribution in [0.5, 0.6) is 0 Å². The zero-order valence-electron chi connectivity index (χ0n) is 10.6. The number of nitrogens with one attached hydrogen (secondary N) is 1. The average molecular weight is 346 g/mol. The first-order valence-corrected chi connectivity index (χ1v) is 7.82. The predicted octanol–water partition coefficient (Wildman–Crippen LogP) is 4.58. The minimum absolute atomic E-state index is 0.744. The Morgan fingerprint density at radius 1 is 1.20 bits per heavy atom. The van der Waals surface area contributed by atoms with Crippen molar-refractivity contribution in [3.63, 3.8) is 0 Å². The molecule has 0 spiro atoms. The van der Waals surface area contributed by atoms with Gasteiger partial charge in [0.2, 0.25) is 0 Å². The van der Waals surface area contributed by atoms with Crippen molar-refractivity contribution in [1.29, 1.82) is 0 Å². The highest BCUT2D eigenvalue weighted by atomic mass is 79.9. The second kappa shape index (κ2) is 6.15. The zero-order valence-corrected chi connectivity index (χ0v) is 13.0. The third-order valence-electron chi connectivity index (χ3n) is 2.80. The van der Waals surface area contributed by atoms with Gasteiger partial charge in [0.25, 0.3) is 0 Å². The fraction of sp³-hybridized carbons (Fsp3) is 0.0667. The minimum atomic E-state index is 0.744. The molecule has 0 radical (unpaired) electrons. The molecular formula is C15H12BrN3S. The number of hydrogen-bond acceptors (Lipinski definition) is 4. The monoisotopic (exact) mass is 345 g/mol. The van der Waals surface area contributed by atoms with Crippen LogP contribution in [-0.2, 0) is 6.54 Å². The van der Waals surface area contributed by atoms with Crippen LogP contribution in [0.25, 0.3) is 10.6 Å². The highest BCUT2D eigenvalue weighted by Crippen LogP contribution is 2.24. The smallest absolute Gasteiger partial charge is 0.123 e. The Morgan fingerprint density at radius 2 is 2.15 bits per heavy atom. The van der Waals surface area contributed by atoms with Gasteiger partial charge in [0.1, 0.15) is 5.01 Å². The van der Waals surface area contributed by atoms with Gasteiger partial charge in [-0.1, -0.05) is 12.1 Å². The normalized spacial score (nSPS) is 10.4. The van der Waals surface area contributed by atoms with E-state index in [2.05, 4.69) is 55.5 Å². The third kappa shape index (κ3) is 3.23. The lowest BCUT2D eigenvalue weighted by molar-refractivity contribution is 1.11. The van der Waals surface area contributed by atoms with E-state index in [0.717, 1.165) is 32.8 Å². The van der Waals surface area contributed by atoms with E-state index in [-0.39, 0.29) is 0 Å². The van der Waals surface area contributed by atoms with Gasteiger partial charge in [0.05, 0.1) is 0 Å². The van der Waals surface area contributed by atoms with E-state index in [1.165, 1.54) is 0 Å². The lowest BCUT2D eigenvalue weighted by Crippen LogP contribution is -1.99. The lowest BCUT2D eigenvalue weighted by atomic mass is 10.2. The molecule has 3 nitrogen and oxygen atoms in total. The first-order valence-electron chi connectivity index (χ1n) is 6.14. The molecule has 2 aromatic heterocycles. The van der Waals surface area contributed by atoms with Crippen molar-refractivity contribution in [2.75, 3.05) is 5.32 Å². The molecule has 1 N–H and O–H groups in total. The van der Waals surface area contributed by atoms with Crippen LogP contribution in [0.4, 0.5) is 5.69 Å². The second-order valence-electron chi connectivity index (χ2n) is 4.28. The van der Waals surface area contributed by atoms with Gasteiger partial charge in [0.15, 0.2) is 0 Å². The molecule has 0 unspecified atom stereocenters. The minimum Gasteiger partial charge on any atom is -0.381 e. The van der Waals surface area contributed by atoms with Crippen LogP contribution in [-0.4, -0.2) is 9.97 Å². The zero-order chi connectivity index (χ0) is 13.8. The molecule has 0 aliphatic heterocycles. The molecule has 0 saturated carbocycles. The summed E-state index contributed by atoms with van der Waals surface area (Å²) in [6.07, 6.45) is 5.47. The molecular weight excluding hydrogens is 334 g/mol. The number of hydrogen-bond donors (Lipinski definition) is 1. The van der Waals surface area contributed by atoms with Gasteiger partial charge in [-0.25, -0.2) is 4.98 Å². The Kier molecular flexibility index (Phi) is 4.08. The van der Waals surface area contributed by atoms with Crippen molar-refractivity contribution < 1.29 is 0 Å². The summed E-state index contributed by atoms with van der Waals surface area (Å²) in [6.45, 7) is 0.744. The molecule has 0 atom stereocenters. The van der Waals surface area contributed by atoms with Crippen LogP contribution in [0.3, 0.4) is 0 Å². The number of benzene rings is 1. The van der Waals surface area contributed by atoms with Crippen LogP contribution in [0, 0.1) is 0 Å². The predicted molar refractivity (Wildman–Crippen MR) is 86.8 cm³/mol. The van der Waals surface area contributed by atoms with Gasteiger partial charge in [-0.15, -0.1) is 11.3 Å². The summed E-state index contributed by atoms with van der Waals surface area (Å²) in [6, 6.07) is 10.3.